The first kappa shape index (κ1) is 38.4. The summed E-state index contributed by atoms with van der Waals surface area (Å²) in [6.07, 6.45) is 1.91. The molecule has 2 heterocycles. The number of hydrogen-bond acceptors (Lipinski definition) is 11. The van der Waals surface area contributed by atoms with Crippen LogP contribution in [0.25, 0.3) is 0 Å². The van der Waals surface area contributed by atoms with E-state index in [2.05, 4.69) is 0 Å². The molecule has 0 radical (unpaired) electrons. The van der Waals surface area contributed by atoms with Gasteiger partial charge in [0.1, 0.15) is 12.4 Å². The molecule has 2 aliphatic carbocycles. The van der Waals surface area contributed by atoms with E-state index in [4.69, 9.17) is 16.3 Å². The van der Waals surface area contributed by atoms with Crippen LogP contribution < -0.4 is 19.4 Å². The van der Waals surface area contributed by atoms with Crippen LogP contribution in [0.15, 0.2) is 103 Å². The highest BCUT2D eigenvalue weighted by Gasteiger charge is 2.70. The fourth-order valence-electron chi connectivity index (χ4n) is 9.75. The Morgan fingerprint density at radius 2 is 1.50 bits per heavy atom. The van der Waals surface area contributed by atoms with Crippen molar-refractivity contribution in [3.63, 3.8) is 0 Å². The number of carbonyl (C=O) groups excluding carboxylic acids is 4. The number of carbonyl (C=O) groups is 4. The van der Waals surface area contributed by atoms with E-state index in [1.54, 1.807) is 72.8 Å². The number of rotatable bonds is 10. The average Bonchev–Trinajstić information content (AvgIpc) is 3.60. The maximum Gasteiger partial charge on any atom is 0.301 e. The lowest BCUT2D eigenvalue weighted by Gasteiger charge is -2.50. The lowest BCUT2D eigenvalue weighted by Crippen LogP contribution is -2.53. The predicted molar refractivity (Wildman–Crippen MR) is 212 cm³/mol. The molecule has 6 atom stereocenters. The van der Waals surface area contributed by atoms with Crippen LogP contribution in [-0.2, 0) is 24.6 Å². The van der Waals surface area contributed by atoms with Crippen LogP contribution in [0, 0.1) is 43.9 Å². The normalized spacial score (nSPS) is 24.9. The van der Waals surface area contributed by atoms with Gasteiger partial charge in [0.05, 0.1) is 51.0 Å². The second kappa shape index (κ2) is 14.5. The molecule has 1 N–H and O–H groups in total. The number of aliphatic hydroxyl groups excluding tert-OH is 1. The fraction of sp³-hybridized carbons (Fsp3) is 0.286. The van der Waals surface area contributed by atoms with Crippen molar-refractivity contribution in [1.82, 2.24) is 0 Å². The number of anilines is 3. The second-order valence-corrected chi connectivity index (χ2v) is 15.4. The lowest BCUT2D eigenvalue weighted by molar-refractivity contribution is -0.392. The molecule has 4 aromatic carbocycles. The van der Waals surface area contributed by atoms with Crippen LogP contribution in [0.2, 0.25) is 5.02 Å². The Hall–Kier alpha value is -6.45. The van der Waals surface area contributed by atoms with Gasteiger partial charge in [-0.25, -0.2) is 9.80 Å². The molecule has 4 amide bonds. The molecule has 0 bridgehead atoms. The van der Waals surface area contributed by atoms with Crippen molar-refractivity contribution < 1.29 is 38.9 Å². The molecule has 8 rings (SSSR count). The number of nitro groups is 2. The van der Waals surface area contributed by atoms with E-state index in [-0.39, 0.29) is 43.1 Å². The van der Waals surface area contributed by atoms with Crippen LogP contribution in [0.4, 0.5) is 28.4 Å². The van der Waals surface area contributed by atoms with E-state index in [1.807, 2.05) is 6.08 Å². The summed E-state index contributed by atoms with van der Waals surface area (Å²) in [7, 11) is 2.83. The highest BCUT2D eigenvalue weighted by molar-refractivity contribution is 6.32. The maximum atomic E-state index is 15.4. The number of nitrogens with zero attached hydrogens (tertiary/aromatic N) is 5. The Labute approximate surface area is 336 Å². The molecule has 3 fully saturated rings. The molecule has 296 valence electrons. The number of imide groups is 2. The topological polar surface area (TPSA) is 194 Å². The molecule has 15 nitrogen and oxygen atoms in total. The molecule has 4 aliphatic rings. The summed E-state index contributed by atoms with van der Waals surface area (Å²) >= 11 is 6.39. The first-order chi connectivity index (χ1) is 27.8. The summed E-state index contributed by atoms with van der Waals surface area (Å²) in [5, 5.41) is 34.1. The lowest BCUT2D eigenvalue weighted by atomic mass is 9.49. The van der Waals surface area contributed by atoms with Crippen molar-refractivity contribution in [2.24, 2.45) is 23.7 Å². The third-order valence-electron chi connectivity index (χ3n) is 11.9. The van der Waals surface area contributed by atoms with Crippen LogP contribution in [-0.4, -0.2) is 65.9 Å². The van der Waals surface area contributed by atoms with Gasteiger partial charge in [0.25, 0.3) is 0 Å². The number of amides is 4. The quantitative estimate of drug-likeness (QED) is 0.0860. The monoisotopic (exact) mass is 805 g/mol. The summed E-state index contributed by atoms with van der Waals surface area (Å²) < 4.78 is 5.65. The Morgan fingerprint density at radius 3 is 2.10 bits per heavy atom. The van der Waals surface area contributed by atoms with Crippen molar-refractivity contribution in [1.29, 1.82) is 0 Å². The number of nitro benzene ring substituents is 2. The van der Waals surface area contributed by atoms with Crippen molar-refractivity contribution in [2.75, 3.05) is 42.0 Å². The van der Waals surface area contributed by atoms with Gasteiger partial charge in [-0.1, -0.05) is 71.8 Å². The standard InChI is InChI=1S/C42H36ClN5O10/c1-44(2)37-33(47(54)55)20-27(21-34(37)48(56)57)45-38(50)30-16-15-29-31(35(30)40(45)52)22-32-39(51)46(26-10-6-9-25(43)19-26)41(53)42(32,24-7-4-3-5-8-24)36(29)23-11-13-28(14-12-23)58-18-17-49/h3-15,19-21,30-32,35-36,49H,16-18,22H2,1-2H3. The van der Waals surface area contributed by atoms with Gasteiger partial charge >= 0.3 is 11.4 Å². The average molecular weight is 806 g/mol. The van der Waals surface area contributed by atoms with Crippen molar-refractivity contribution >= 4 is 63.7 Å². The highest BCUT2D eigenvalue weighted by Crippen LogP contribution is 2.64. The van der Waals surface area contributed by atoms with Crippen molar-refractivity contribution in [2.45, 2.75) is 24.2 Å². The molecule has 16 heteroatoms. The number of halogens is 1. The Balaban J connectivity index is 1.31. The Bertz CT molecular complexity index is 2400. The van der Waals surface area contributed by atoms with Gasteiger partial charge in [-0.05, 0) is 60.2 Å². The summed E-state index contributed by atoms with van der Waals surface area (Å²) in [5.74, 6) is -6.60. The van der Waals surface area contributed by atoms with E-state index in [1.165, 1.54) is 25.1 Å². The fourth-order valence-corrected chi connectivity index (χ4v) is 9.93. The molecular formula is C42H36ClN5O10. The minimum Gasteiger partial charge on any atom is -0.491 e. The first-order valence-corrected chi connectivity index (χ1v) is 18.9. The Morgan fingerprint density at radius 1 is 0.828 bits per heavy atom. The van der Waals surface area contributed by atoms with Crippen LogP contribution in [0.5, 0.6) is 5.75 Å². The molecule has 58 heavy (non-hydrogen) atoms. The molecule has 4 aromatic rings. The zero-order chi connectivity index (χ0) is 41.2. The van der Waals surface area contributed by atoms with E-state index in [9.17, 15) is 39.7 Å². The molecular weight excluding hydrogens is 770 g/mol. The van der Waals surface area contributed by atoms with Crippen molar-refractivity contribution in [3.05, 3.63) is 139 Å². The molecule has 6 unspecified atom stereocenters. The number of fused-ring (bicyclic) bond motifs is 4. The smallest absolute Gasteiger partial charge is 0.301 e. The van der Waals surface area contributed by atoms with Gasteiger partial charge in [-0.2, -0.15) is 0 Å². The third-order valence-corrected chi connectivity index (χ3v) is 12.1. The molecule has 2 aliphatic heterocycles. The van der Waals surface area contributed by atoms with Crippen molar-refractivity contribution in [3.8, 4) is 5.75 Å². The second-order valence-electron chi connectivity index (χ2n) is 15.0. The zero-order valence-electron chi connectivity index (χ0n) is 31.2. The predicted octanol–water partition coefficient (Wildman–Crippen LogP) is 5.96. The zero-order valence-corrected chi connectivity index (χ0v) is 31.9. The number of ether oxygens (including phenoxy) is 1. The van der Waals surface area contributed by atoms with Gasteiger partial charge in [-0.15, -0.1) is 0 Å². The molecule has 1 saturated carbocycles. The molecule has 2 saturated heterocycles. The van der Waals surface area contributed by atoms with Gasteiger partial charge in [0.2, 0.25) is 23.6 Å². The van der Waals surface area contributed by atoms with E-state index in [0.717, 1.165) is 21.9 Å². The third kappa shape index (κ3) is 5.75. The summed E-state index contributed by atoms with van der Waals surface area (Å²) in [6.45, 7) is -0.159. The minimum absolute atomic E-state index is 0.00947. The molecule has 0 spiro atoms. The molecule has 0 aromatic heterocycles. The number of aliphatic hydroxyl groups is 1. The van der Waals surface area contributed by atoms with Crippen LogP contribution in [0.1, 0.15) is 29.9 Å². The number of allylic oxidation sites excluding steroid dienone is 2. The summed E-state index contributed by atoms with van der Waals surface area (Å²) in [4.78, 5) is 85.6. The van der Waals surface area contributed by atoms with E-state index < -0.39 is 79.9 Å². The first-order valence-electron chi connectivity index (χ1n) is 18.6. The number of hydrogen-bond donors (Lipinski definition) is 1. The summed E-state index contributed by atoms with van der Waals surface area (Å²) in [5.41, 5.74) is -1.30. The van der Waals surface area contributed by atoms with Gasteiger partial charge in [0, 0.05) is 37.2 Å². The van der Waals surface area contributed by atoms with Gasteiger partial charge in [-0.3, -0.25) is 39.4 Å². The SMILES string of the molecule is CN(C)c1c([N+](=O)[O-])cc(N2C(=O)C3CC=C4C(CC5C(=O)N(c6cccc(Cl)c6)C(=O)C5(c5ccccc5)C4c4ccc(OCCO)cc4)C3C2=O)cc1[N+](=O)[O-]. The van der Waals surface area contributed by atoms with Crippen LogP contribution >= 0.6 is 11.6 Å². The van der Waals surface area contributed by atoms with Crippen LogP contribution in [0.3, 0.4) is 0 Å². The van der Waals surface area contributed by atoms with Gasteiger partial charge < -0.3 is 14.7 Å². The van der Waals surface area contributed by atoms with E-state index in [0.29, 0.717) is 27.5 Å². The highest BCUT2D eigenvalue weighted by atomic mass is 35.5. The maximum absolute atomic E-state index is 15.4. The Kier molecular flexibility index (Phi) is 9.60. The number of benzene rings is 4. The largest absolute Gasteiger partial charge is 0.491 e. The summed E-state index contributed by atoms with van der Waals surface area (Å²) in [6, 6.07) is 24.4. The minimum atomic E-state index is -1.53. The van der Waals surface area contributed by atoms with E-state index >= 15 is 4.79 Å². The van der Waals surface area contributed by atoms with Gasteiger partial charge in [0.15, 0.2) is 5.69 Å².